The molecule has 1 aliphatic heterocycles. The van der Waals surface area contributed by atoms with Crippen molar-refractivity contribution in [3.63, 3.8) is 0 Å². The number of hydrogen-bond donors (Lipinski definition) is 0. The average Bonchev–Trinajstić information content (AvgIpc) is 2.64. The molecule has 24 heavy (non-hydrogen) atoms. The minimum atomic E-state index is 0.820. The van der Waals surface area contributed by atoms with Crippen molar-refractivity contribution in [1.29, 1.82) is 0 Å². The quantitative estimate of drug-likeness (QED) is 0.727. The van der Waals surface area contributed by atoms with Crippen molar-refractivity contribution in [2.75, 3.05) is 11.4 Å². The number of pyridine rings is 2. The summed E-state index contributed by atoms with van der Waals surface area (Å²) in [4.78, 5) is 11.1. The van der Waals surface area contributed by atoms with Crippen molar-refractivity contribution < 1.29 is 0 Å². The second-order valence-corrected chi connectivity index (χ2v) is 6.21. The second-order valence-electron chi connectivity index (χ2n) is 6.21. The highest BCUT2D eigenvalue weighted by molar-refractivity contribution is 5.63. The first-order valence-electron chi connectivity index (χ1n) is 8.14. The van der Waals surface area contributed by atoms with E-state index in [0.29, 0.717) is 0 Å². The van der Waals surface area contributed by atoms with Crippen LogP contribution in [0.15, 0.2) is 43.0 Å². The summed E-state index contributed by atoms with van der Waals surface area (Å²) >= 11 is 0. The Morgan fingerprint density at radius 1 is 1.04 bits per heavy atom. The first-order chi connectivity index (χ1) is 11.7. The number of hydrogen-bond acceptors (Lipinski definition) is 5. The maximum Gasteiger partial charge on any atom is 0.154 e. The Balaban J connectivity index is 1.68. The van der Waals surface area contributed by atoms with Gasteiger partial charge in [0.25, 0.3) is 0 Å². The zero-order chi connectivity index (χ0) is 16.5. The van der Waals surface area contributed by atoms with Crippen molar-refractivity contribution >= 4 is 5.82 Å². The summed E-state index contributed by atoms with van der Waals surface area (Å²) < 4.78 is 0. The van der Waals surface area contributed by atoms with Crippen LogP contribution in [0.3, 0.4) is 0 Å². The summed E-state index contributed by atoms with van der Waals surface area (Å²) in [5, 5.41) is 8.49. The Labute approximate surface area is 141 Å². The molecule has 120 valence electrons. The van der Waals surface area contributed by atoms with E-state index >= 15 is 0 Å². The van der Waals surface area contributed by atoms with Crippen LogP contribution in [0.5, 0.6) is 0 Å². The summed E-state index contributed by atoms with van der Waals surface area (Å²) in [6, 6.07) is 6.27. The Kier molecular flexibility index (Phi) is 3.69. The van der Waals surface area contributed by atoms with Crippen LogP contribution in [-0.2, 0) is 13.0 Å². The molecule has 0 unspecified atom stereocenters. The van der Waals surface area contributed by atoms with Crippen LogP contribution in [0, 0.1) is 13.8 Å². The number of nitrogens with zero attached hydrogens (tertiary/aromatic N) is 5. The van der Waals surface area contributed by atoms with Crippen molar-refractivity contribution in [3.8, 4) is 11.1 Å². The molecule has 1 aliphatic rings. The van der Waals surface area contributed by atoms with Crippen molar-refractivity contribution in [2.45, 2.75) is 26.8 Å². The third-order valence-corrected chi connectivity index (χ3v) is 4.68. The van der Waals surface area contributed by atoms with Crippen LogP contribution < -0.4 is 4.90 Å². The van der Waals surface area contributed by atoms with Gasteiger partial charge in [-0.15, -0.1) is 5.10 Å². The average molecular weight is 317 g/mol. The molecule has 0 amide bonds. The first-order valence-corrected chi connectivity index (χ1v) is 8.14. The molecule has 5 heteroatoms. The fourth-order valence-corrected chi connectivity index (χ4v) is 3.13. The van der Waals surface area contributed by atoms with Gasteiger partial charge in [-0.25, -0.2) is 0 Å². The van der Waals surface area contributed by atoms with E-state index in [9.17, 15) is 0 Å². The van der Waals surface area contributed by atoms with E-state index in [-0.39, 0.29) is 0 Å². The Bertz CT molecular complexity index is 876. The van der Waals surface area contributed by atoms with Gasteiger partial charge in [-0.2, -0.15) is 5.10 Å². The molecule has 0 aromatic carbocycles. The molecule has 0 aliphatic carbocycles. The number of anilines is 1. The van der Waals surface area contributed by atoms with Crippen molar-refractivity contribution in [2.24, 2.45) is 0 Å². The summed E-state index contributed by atoms with van der Waals surface area (Å²) in [5.41, 5.74) is 7.09. The largest absolute Gasteiger partial charge is 0.350 e. The monoisotopic (exact) mass is 317 g/mol. The van der Waals surface area contributed by atoms with E-state index in [4.69, 9.17) is 0 Å². The molecule has 4 heterocycles. The summed E-state index contributed by atoms with van der Waals surface area (Å²) in [7, 11) is 0. The second kappa shape index (κ2) is 6.00. The zero-order valence-corrected chi connectivity index (χ0v) is 13.9. The SMILES string of the molecule is Cc1cnnc(N2CCc3ncc(-c4ccncc4)cc3C2)c1C. The van der Waals surface area contributed by atoms with Crippen LogP contribution in [0.1, 0.15) is 22.4 Å². The molecule has 0 radical (unpaired) electrons. The van der Waals surface area contributed by atoms with Crippen molar-refractivity contribution in [1.82, 2.24) is 20.2 Å². The van der Waals surface area contributed by atoms with Crippen LogP contribution in [-0.4, -0.2) is 26.7 Å². The highest BCUT2D eigenvalue weighted by Gasteiger charge is 2.21. The van der Waals surface area contributed by atoms with Gasteiger partial charge in [0.2, 0.25) is 0 Å². The number of aromatic nitrogens is 4. The standard InChI is InChI=1S/C19H19N5/c1-13-10-22-23-19(14(13)2)24-8-5-18-17(12-24)9-16(11-21-18)15-3-6-20-7-4-15/h3-4,6-7,9-11H,5,8,12H2,1-2H3. The van der Waals surface area contributed by atoms with Gasteiger partial charge < -0.3 is 4.90 Å². The van der Waals surface area contributed by atoms with E-state index in [0.717, 1.165) is 36.5 Å². The third kappa shape index (κ3) is 2.62. The van der Waals surface area contributed by atoms with Gasteiger partial charge in [0, 0.05) is 49.4 Å². The van der Waals surface area contributed by atoms with Gasteiger partial charge in [0.05, 0.1) is 6.20 Å². The van der Waals surface area contributed by atoms with Crippen molar-refractivity contribution in [3.05, 3.63) is 65.4 Å². The topological polar surface area (TPSA) is 54.8 Å². The van der Waals surface area contributed by atoms with E-state index in [1.54, 1.807) is 0 Å². The molecule has 0 atom stereocenters. The van der Waals surface area contributed by atoms with Crippen LogP contribution >= 0.6 is 0 Å². The van der Waals surface area contributed by atoms with E-state index in [1.165, 1.54) is 22.4 Å². The summed E-state index contributed by atoms with van der Waals surface area (Å²) in [6.07, 6.45) is 8.34. The number of fused-ring (bicyclic) bond motifs is 1. The predicted octanol–water partition coefficient (Wildman–Crippen LogP) is 3.11. The lowest BCUT2D eigenvalue weighted by molar-refractivity contribution is 0.692. The molecule has 0 saturated carbocycles. The smallest absolute Gasteiger partial charge is 0.154 e. The number of rotatable bonds is 2. The predicted molar refractivity (Wildman–Crippen MR) is 93.7 cm³/mol. The van der Waals surface area contributed by atoms with Gasteiger partial charge in [-0.05, 0) is 54.3 Å². The molecule has 0 N–H and O–H groups in total. The van der Waals surface area contributed by atoms with Gasteiger partial charge in [-0.1, -0.05) is 0 Å². The Hall–Kier alpha value is -2.82. The molecular formula is C19H19N5. The minimum Gasteiger partial charge on any atom is -0.350 e. The van der Waals surface area contributed by atoms with Crippen LogP contribution in [0.25, 0.3) is 11.1 Å². The highest BCUT2D eigenvalue weighted by atomic mass is 15.3. The third-order valence-electron chi connectivity index (χ3n) is 4.68. The molecular weight excluding hydrogens is 298 g/mol. The lowest BCUT2D eigenvalue weighted by atomic mass is 10.0. The molecule has 3 aromatic heterocycles. The molecule has 4 rings (SSSR count). The molecule has 0 spiro atoms. The Morgan fingerprint density at radius 2 is 1.88 bits per heavy atom. The normalized spacial score (nSPS) is 13.7. The fourth-order valence-electron chi connectivity index (χ4n) is 3.13. The zero-order valence-electron chi connectivity index (χ0n) is 13.9. The first kappa shape index (κ1) is 14.8. The van der Waals surface area contributed by atoms with Crippen LogP contribution in [0.4, 0.5) is 5.82 Å². The van der Waals surface area contributed by atoms with Crippen LogP contribution in [0.2, 0.25) is 0 Å². The van der Waals surface area contributed by atoms with Gasteiger partial charge in [0.15, 0.2) is 5.82 Å². The molecule has 0 saturated heterocycles. The lowest BCUT2D eigenvalue weighted by Crippen LogP contribution is -2.32. The summed E-state index contributed by atoms with van der Waals surface area (Å²) in [5.74, 6) is 0.981. The van der Waals surface area contributed by atoms with E-state index in [1.807, 2.05) is 36.9 Å². The molecule has 5 nitrogen and oxygen atoms in total. The van der Waals surface area contributed by atoms with Gasteiger partial charge >= 0.3 is 0 Å². The minimum absolute atomic E-state index is 0.820. The maximum atomic E-state index is 4.68. The molecule has 0 bridgehead atoms. The van der Waals surface area contributed by atoms with E-state index < -0.39 is 0 Å². The lowest BCUT2D eigenvalue weighted by Gasteiger charge is -2.30. The highest BCUT2D eigenvalue weighted by Crippen LogP contribution is 2.28. The van der Waals surface area contributed by atoms with Gasteiger partial charge in [-0.3, -0.25) is 9.97 Å². The molecule has 3 aromatic rings. The Morgan fingerprint density at radius 3 is 2.71 bits per heavy atom. The maximum absolute atomic E-state index is 4.68. The molecule has 0 fully saturated rings. The van der Waals surface area contributed by atoms with E-state index in [2.05, 4.69) is 45.0 Å². The fraction of sp³-hybridized carbons (Fsp3) is 0.263. The van der Waals surface area contributed by atoms with Gasteiger partial charge in [0.1, 0.15) is 0 Å². The summed E-state index contributed by atoms with van der Waals surface area (Å²) in [6.45, 7) is 5.93. The number of aryl methyl sites for hydroxylation is 1.